The molecule has 0 heterocycles. The summed E-state index contributed by atoms with van der Waals surface area (Å²) in [6, 6.07) is 13.6. The van der Waals surface area contributed by atoms with Crippen molar-refractivity contribution in [2.45, 2.75) is 31.4 Å². The predicted octanol–water partition coefficient (Wildman–Crippen LogP) is 3.79. The quantitative estimate of drug-likeness (QED) is 0.860. The van der Waals surface area contributed by atoms with E-state index in [0.29, 0.717) is 11.3 Å². The van der Waals surface area contributed by atoms with Gasteiger partial charge in [-0.3, -0.25) is 4.21 Å². The molecular formula is C17H17NOS. The Bertz CT molecular complexity index is 713. The van der Waals surface area contributed by atoms with Crippen LogP contribution in [-0.4, -0.2) is 4.21 Å². The van der Waals surface area contributed by atoms with Crippen molar-refractivity contribution >= 4 is 10.8 Å². The zero-order valence-electron chi connectivity index (χ0n) is 11.9. The molecule has 3 heteroatoms. The molecule has 0 saturated heterocycles. The topological polar surface area (TPSA) is 40.9 Å². The van der Waals surface area contributed by atoms with Crippen LogP contribution in [0.1, 0.15) is 27.8 Å². The molecule has 102 valence electrons. The second-order valence-electron chi connectivity index (χ2n) is 4.99. The Balaban J connectivity index is 2.23. The lowest BCUT2D eigenvalue weighted by Crippen LogP contribution is -2.00. The third-order valence-corrected chi connectivity index (χ3v) is 4.85. The van der Waals surface area contributed by atoms with E-state index in [0.717, 1.165) is 21.6 Å². The fraction of sp³-hybridized carbons (Fsp3) is 0.235. The summed E-state index contributed by atoms with van der Waals surface area (Å²) >= 11 is 0. The van der Waals surface area contributed by atoms with E-state index < -0.39 is 10.8 Å². The summed E-state index contributed by atoms with van der Waals surface area (Å²) in [5, 5.41) is 8.86. The van der Waals surface area contributed by atoms with Gasteiger partial charge in [-0.1, -0.05) is 12.1 Å². The summed E-state index contributed by atoms with van der Waals surface area (Å²) < 4.78 is 12.4. The van der Waals surface area contributed by atoms with Gasteiger partial charge in [0.1, 0.15) is 0 Å². The van der Waals surface area contributed by atoms with Crippen LogP contribution in [0.4, 0.5) is 0 Å². The van der Waals surface area contributed by atoms with Crippen LogP contribution in [-0.2, 0) is 16.6 Å². The summed E-state index contributed by atoms with van der Waals surface area (Å²) in [5.74, 6) is 0.486. The van der Waals surface area contributed by atoms with Crippen molar-refractivity contribution in [1.82, 2.24) is 0 Å². The van der Waals surface area contributed by atoms with Gasteiger partial charge in [-0.2, -0.15) is 5.26 Å². The second kappa shape index (κ2) is 6.02. The molecule has 2 nitrogen and oxygen atoms in total. The summed E-state index contributed by atoms with van der Waals surface area (Å²) in [7, 11) is -1.05. The maximum Gasteiger partial charge on any atom is 0.0991 e. The van der Waals surface area contributed by atoms with Crippen molar-refractivity contribution in [3.05, 3.63) is 64.2 Å². The molecule has 2 aromatic rings. The van der Waals surface area contributed by atoms with Gasteiger partial charge in [-0.25, -0.2) is 0 Å². The molecule has 2 rings (SSSR count). The highest BCUT2D eigenvalue weighted by Crippen LogP contribution is 2.19. The van der Waals surface area contributed by atoms with Crippen molar-refractivity contribution in [3.8, 4) is 6.07 Å². The Morgan fingerprint density at radius 2 is 1.75 bits per heavy atom. The number of nitriles is 1. The minimum Gasteiger partial charge on any atom is -0.254 e. The summed E-state index contributed by atoms with van der Waals surface area (Å²) in [6.45, 7) is 6.03. The van der Waals surface area contributed by atoms with Gasteiger partial charge in [-0.05, 0) is 67.3 Å². The fourth-order valence-electron chi connectivity index (χ4n) is 2.01. The second-order valence-corrected chi connectivity index (χ2v) is 6.44. The molecule has 0 radical (unpaired) electrons. The van der Waals surface area contributed by atoms with Gasteiger partial charge in [0.15, 0.2) is 0 Å². The molecule has 1 atom stereocenters. The Morgan fingerprint density at radius 3 is 2.35 bits per heavy atom. The van der Waals surface area contributed by atoms with Gasteiger partial charge >= 0.3 is 0 Å². The van der Waals surface area contributed by atoms with Gasteiger partial charge < -0.3 is 0 Å². The van der Waals surface area contributed by atoms with Gasteiger partial charge in [0.2, 0.25) is 0 Å². The van der Waals surface area contributed by atoms with Crippen molar-refractivity contribution in [3.63, 3.8) is 0 Å². The molecule has 2 aromatic carbocycles. The molecular weight excluding hydrogens is 266 g/mol. The van der Waals surface area contributed by atoms with E-state index in [9.17, 15) is 4.21 Å². The molecule has 0 saturated carbocycles. The molecule has 0 aromatic heterocycles. The van der Waals surface area contributed by atoms with Crippen LogP contribution < -0.4 is 0 Å². The van der Waals surface area contributed by atoms with Gasteiger partial charge in [-0.15, -0.1) is 0 Å². The molecule has 0 spiro atoms. The van der Waals surface area contributed by atoms with Crippen LogP contribution in [0.5, 0.6) is 0 Å². The fourth-order valence-corrected chi connectivity index (χ4v) is 3.31. The Hall–Kier alpha value is -1.92. The van der Waals surface area contributed by atoms with Crippen LogP contribution in [0.3, 0.4) is 0 Å². The first-order valence-corrected chi connectivity index (χ1v) is 7.78. The van der Waals surface area contributed by atoms with E-state index in [-0.39, 0.29) is 0 Å². The van der Waals surface area contributed by atoms with Crippen molar-refractivity contribution in [2.75, 3.05) is 0 Å². The highest BCUT2D eigenvalue weighted by molar-refractivity contribution is 7.84. The highest BCUT2D eigenvalue weighted by atomic mass is 32.2. The van der Waals surface area contributed by atoms with Gasteiger partial charge in [0.25, 0.3) is 0 Å². The van der Waals surface area contributed by atoms with Crippen LogP contribution in [0.2, 0.25) is 0 Å². The molecule has 0 fully saturated rings. The van der Waals surface area contributed by atoms with Crippen LogP contribution >= 0.6 is 0 Å². The lowest BCUT2D eigenvalue weighted by molar-refractivity contribution is 0.682. The molecule has 0 aliphatic heterocycles. The van der Waals surface area contributed by atoms with Gasteiger partial charge in [0.05, 0.1) is 28.2 Å². The number of aryl methyl sites for hydroxylation is 3. The standard InChI is InChI=1S/C17H17NOS/c1-12-4-7-17(9-13(12)2)20(19)11-16-6-5-15(10-18)8-14(16)3/h4-9H,11H2,1-3H3. The third-order valence-electron chi connectivity index (χ3n) is 3.50. The Kier molecular flexibility index (Phi) is 4.36. The van der Waals surface area contributed by atoms with Crippen molar-refractivity contribution in [2.24, 2.45) is 0 Å². The zero-order valence-corrected chi connectivity index (χ0v) is 12.8. The molecule has 0 amide bonds. The average Bonchev–Trinajstić information content (AvgIpc) is 2.43. The predicted molar refractivity (Wildman–Crippen MR) is 81.9 cm³/mol. The number of hydrogen-bond acceptors (Lipinski definition) is 2. The maximum absolute atomic E-state index is 12.4. The van der Waals surface area contributed by atoms with E-state index in [1.807, 2.05) is 51.1 Å². The first-order valence-electron chi connectivity index (χ1n) is 6.46. The number of hydrogen-bond donors (Lipinski definition) is 0. The first-order chi connectivity index (χ1) is 9.51. The van der Waals surface area contributed by atoms with E-state index in [4.69, 9.17) is 5.26 Å². The number of benzene rings is 2. The summed E-state index contributed by atoms with van der Waals surface area (Å²) in [5.41, 5.74) is 5.05. The summed E-state index contributed by atoms with van der Waals surface area (Å²) in [6.07, 6.45) is 0. The molecule has 1 unspecified atom stereocenters. The van der Waals surface area contributed by atoms with E-state index in [1.165, 1.54) is 5.56 Å². The maximum atomic E-state index is 12.4. The van der Waals surface area contributed by atoms with Crippen molar-refractivity contribution in [1.29, 1.82) is 5.26 Å². The number of nitrogens with zero attached hydrogens (tertiary/aromatic N) is 1. The first kappa shape index (κ1) is 14.5. The monoisotopic (exact) mass is 283 g/mol. The SMILES string of the molecule is Cc1ccc(S(=O)Cc2ccc(C#N)cc2C)cc1C. The lowest BCUT2D eigenvalue weighted by Gasteiger charge is -2.08. The van der Waals surface area contributed by atoms with Gasteiger partial charge in [0, 0.05) is 4.90 Å². The summed E-state index contributed by atoms with van der Waals surface area (Å²) in [4.78, 5) is 0.858. The normalized spacial score (nSPS) is 11.9. The minimum absolute atomic E-state index is 0.486. The Labute approximate surface area is 122 Å². The minimum atomic E-state index is -1.05. The molecule has 20 heavy (non-hydrogen) atoms. The van der Waals surface area contributed by atoms with Crippen LogP contribution in [0.25, 0.3) is 0 Å². The van der Waals surface area contributed by atoms with Crippen LogP contribution in [0.15, 0.2) is 41.3 Å². The van der Waals surface area contributed by atoms with Crippen molar-refractivity contribution < 1.29 is 4.21 Å². The molecule has 0 bridgehead atoms. The third kappa shape index (κ3) is 3.15. The largest absolute Gasteiger partial charge is 0.254 e. The van der Waals surface area contributed by atoms with Crippen LogP contribution in [0, 0.1) is 32.1 Å². The van der Waals surface area contributed by atoms with E-state index in [1.54, 1.807) is 6.07 Å². The molecule has 0 aliphatic rings. The Morgan fingerprint density at radius 1 is 1.00 bits per heavy atom. The lowest BCUT2D eigenvalue weighted by atomic mass is 10.1. The average molecular weight is 283 g/mol. The zero-order chi connectivity index (χ0) is 14.7. The highest BCUT2D eigenvalue weighted by Gasteiger charge is 2.08. The van der Waals surface area contributed by atoms with E-state index >= 15 is 0 Å². The number of rotatable bonds is 3. The smallest absolute Gasteiger partial charge is 0.0991 e. The molecule has 0 N–H and O–H groups in total. The molecule has 0 aliphatic carbocycles. The van der Waals surface area contributed by atoms with E-state index in [2.05, 4.69) is 6.07 Å².